The van der Waals surface area contributed by atoms with Gasteiger partial charge in [-0.25, -0.2) is 4.98 Å². The van der Waals surface area contributed by atoms with Crippen molar-refractivity contribution in [1.82, 2.24) is 4.98 Å². The zero-order chi connectivity index (χ0) is 13.1. The number of aliphatic hydroxyl groups excluding tert-OH is 1. The minimum atomic E-state index is -0.00800. The van der Waals surface area contributed by atoms with Crippen molar-refractivity contribution in [3.05, 3.63) is 35.9 Å². The van der Waals surface area contributed by atoms with Crippen molar-refractivity contribution >= 4 is 10.9 Å². The maximum atomic E-state index is 9.44. The highest BCUT2D eigenvalue weighted by Crippen LogP contribution is 2.23. The second-order valence-electron chi connectivity index (χ2n) is 4.84. The van der Waals surface area contributed by atoms with Gasteiger partial charge < -0.3 is 14.6 Å². The standard InChI is InChI=1S/C15H17NO3/c17-8-12-7-15(19-10-11-5-6-18-9-11)16-14-4-2-1-3-13(12)14/h1-4,7,11,17H,5-6,8-10H2. The number of para-hydroxylation sites is 1. The monoisotopic (exact) mass is 259 g/mol. The second kappa shape index (κ2) is 5.55. The highest BCUT2D eigenvalue weighted by atomic mass is 16.5. The number of hydrogen-bond donors (Lipinski definition) is 1. The molecular formula is C15H17NO3. The Hall–Kier alpha value is -1.65. The molecule has 0 aliphatic carbocycles. The fourth-order valence-corrected chi connectivity index (χ4v) is 2.34. The number of rotatable bonds is 4. The maximum Gasteiger partial charge on any atom is 0.214 e. The molecule has 1 saturated heterocycles. The molecule has 2 aromatic rings. The van der Waals surface area contributed by atoms with Gasteiger partial charge >= 0.3 is 0 Å². The van der Waals surface area contributed by atoms with Crippen LogP contribution in [0.1, 0.15) is 12.0 Å². The van der Waals surface area contributed by atoms with E-state index >= 15 is 0 Å². The van der Waals surface area contributed by atoms with Crippen LogP contribution in [0.25, 0.3) is 10.9 Å². The molecule has 100 valence electrons. The molecule has 1 atom stereocenters. The summed E-state index contributed by atoms with van der Waals surface area (Å²) in [6.45, 7) is 2.20. The lowest BCUT2D eigenvalue weighted by atomic mass is 10.1. The van der Waals surface area contributed by atoms with E-state index in [0.29, 0.717) is 18.4 Å². The molecule has 1 aromatic heterocycles. The second-order valence-corrected chi connectivity index (χ2v) is 4.84. The van der Waals surface area contributed by atoms with Gasteiger partial charge in [-0.15, -0.1) is 0 Å². The Morgan fingerprint density at radius 1 is 1.37 bits per heavy atom. The Kier molecular flexibility index (Phi) is 3.62. The van der Waals surface area contributed by atoms with Gasteiger partial charge in [-0.3, -0.25) is 0 Å². The van der Waals surface area contributed by atoms with E-state index in [2.05, 4.69) is 4.98 Å². The number of hydrogen-bond acceptors (Lipinski definition) is 4. The van der Waals surface area contributed by atoms with Gasteiger partial charge in [0.1, 0.15) is 0 Å². The molecule has 1 unspecified atom stereocenters. The van der Waals surface area contributed by atoms with Gasteiger partial charge in [0.05, 0.1) is 25.3 Å². The molecule has 0 radical (unpaired) electrons. The average Bonchev–Trinajstić information content (AvgIpc) is 2.97. The zero-order valence-corrected chi connectivity index (χ0v) is 10.7. The fraction of sp³-hybridized carbons (Fsp3) is 0.400. The first-order chi connectivity index (χ1) is 9.36. The largest absolute Gasteiger partial charge is 0.477 e. The summed E-state index contributed by atoms with van der Waals surface area (Å²) >= 11 is 0. The molecule has 0 bridgehead atoms. The van der Waals surface area contributed by atoms with Crippen LogP contribution in [0.3, 0.4) is 0 Å². The van der Waals surface area contributed by atoms with E-state index in [9.17, 15) is 5.11 Å². The minimum absolute atomic E-state index is 0.00800. The van der Waals surface area contributed by atoms with Crippen molar-refractivity contribution in [3.63, 3.8) is 0 Å². The van der Waals surface area contributed by atoms with Crippen molar-refractivity contribution in [3.8, 4) is 5.88 Å². The third-order valence-electron chi connectivity index (χ3n) is 3.44. The average molecular weight is 259 g/mol. The number of benzene rings is 1. The van der Waals surface area contributed by atoms with E-state index in [1.807, 2.05) is 30.3 Å². The SMILES string of the molecule is OCc1cc(OCC2CCOC2)nc2ccccc12. The van der Waals surface area contributed by atoms with Crippen molar-refractivity contribution in [1.29, 1.82) is 0 Å². The van der Waals surface area contributed by atoms with Crippen LogP contribution in [0.15, 0.2) is 30.3 Å². The Bertz CT molecular complexity index is 564. The van der Waals surface area contributed by atoms with E-state index in [1.165, 1.54) is 0 Å². The smallest absolute Gasteiger partial charge is 0.214 e. The molecule has 1 aliphatic heterocycles. The molecule has 1 aromatic carbocycles. The summed E-state index contributed by atoms with van der Waals surface area (Å²) in [4.78, 5) is 4.47. The first kappa shape index (κ1) is 12.4. The molecular weight excluding hydrogens is 242 g/mol. The summed E-state index contributed by atoms with van der Waals surface area (Å²) in [5.74, 6) is 1.03. The van der Waals surface area contributed by atoms with Crippen LogP contribution in [-0.2, 0) is 11.3 Å². The summed E-state index contributed by atoms with van der Waals surface area (Å²) < 4.78 is 11.1. The topological polar surface area (TPSA) is 51.6 Å². The summed E-state index contributed by atoms with van der Waals surface area (Å²) in [7, 11) is 0. The summed E-state index contributed by atoms with van der Waals surface area (Å²) in [5, 5.41) is 10.4. The molecule has 1 fully saturated rings. The number of aromatic nitrogens is 1. The van der Waals surface area contributed by atoms with Crippen LogP contribution in [0.4, 0.5) is 0 Å². The maximum absolute atomic E-state index is 9.44. The number of pyridine rings is 1. The zero-order valence-electron chi connectivity index (χ0n) is 10.7. The number of fused-ring (bicyclic) bond motifs is 1. The van der Waals surface area contributed by atoms with Gasteiger partial charge in [-0.05, 0) is 18.1 Å². The quantitative estimate of drug-likeness (QED) is 0.914. The number of ether oxygens (including phenoxy) is 2. The lowest BCUT2D eigenvalue weighted by Crippen LogP contribution is -2.12. The van der Waals surface area contributed by atoms with E-state index in [0.717, 1.165) is 36.1 Å². The molecule has 1 N–H and O–H groups in total. The molecule has 2 heterocycles. The molecule has 3 rings (SSSR count). The molecule has 19 heavy (non-hydrogen) atoms. The van der Waals surface area contributed by atoms with Crippen LogP contribution in [0.2, 0.25) is 0 Å². The van der Waals surface area contributed by atoms with E-state index in [4.69, 9.17) is 9.47 Å². The molecule has 4 heteroatoms. The number of aliphatic hydroxyl groups is 1. The highest BCUT2D eigenvalue weighted by Gasteiger charge is 2.16. The van der Waals surface area contributed by atoms with Crippen molar-refractivity contribution in [2.75, 3.05) is 19.8 Å². The third-order valence-corrected chi connectivity index (χ3v) is 3.44. The molecule has 4 nitrogen and oxygen atoms in total. The Labute approximate surface area is 112 Å². The summed E-state index contributed by atoms with van der Waals surface area (Å²) in [6, 6.07) is 9.59. The Balaban J connectivity index is 1.82. The molecule has 0 saturated carbocycles. The predicted molar refractivity (Wildman–Crippen MR) is 72.1 cm³/mol. The highest BCUT2D eigenvalue weighted by molar-refractivity contribution is 5.82. The van der Waals surface area contributed by atoms with E-state index < -0.39 is 0 Å². The van der Waals surface area contributed by atoms with E-state index in [-0.39, 0.29) is 6.61 Å². The predicted octanol–water partition coefficient (Wildman–Crippen LogP) is 2.14. The molecule has 0 spiro atoms. The Morgan fingerprint density at radius 3 is 3.05 bits per heavy atom. The van der Waals surface area contributed by atoms with Gasteiger partial charge in [0.25, 0.3) is 0 Å². The normalized spacial score (nSPS) is 18.9. The lowest BCUT2D eigenvalue weighted by molar-refractivity contribution is 0.165. The van der Waals surface area contributed by atoms with Crippen LogP contribution < -0.4 is 4.74 Å². The summed E-state index contributed by atoms with van der Waals surface area (Å²) in [6.07, 6.45) is 1.04. The van der Waals surface area contributed by atoms with Crippen LogP contribution in [0, 0.1) is 5.92 Å². The lowest BCUT2D eigenvalue weighted by Gasteiger charge is -2.11. The Morgan fingerprint density at radius 2 is 2.26 bits per heavy atom. The van der Waals surface area contributed by atoms with Gasteiger partial charge in [0.2, 0.25) is 5.88 Å². The van der Waals surface area contributed by atoms with E-state index in [1.54, 1.807) is 0 Å². The first-order valence-corrected chi connectivity index (χ1v) is 6.57. The van der Waals surface area contributed by atoms with Crippen molar-refractivity contribution in [2.45, 2.75) is 13.0 Å². The van der Waals surface area contributed by atoms with Gasteiger partial charge in [0.15, 0.2) is 0 Å². The molecule has 0 amide bonds. The van der Waals surface area contributed by atoms with Crippen LogP contribution in [0.5, 0.6) is 5.88 Å². The van der Waals surface area contributed by atoms with Gasteiger partial charge in [0, 0.05) is 24.0 Å². The molecule has 1 aliphatic rings. The summed E-state index contributed by atoms with van der Waals surface area (Å²) in [5.41, 5.74) is 1.70. The van der Waals surface area contributed by atoms with Crippen molar-refractivity contribution < 1.29 is 14.6 Å². The minimum Gasteiger partial charge on any atom is -0.477 e. The van der Waals surface area contributed by atoms with Crippen LogP contribution in [-0.4, -0.2) is 29.9 Å². The third kappa shape index (κ3) is 2.69. The van der Waals surface area contributed by atoms with Crippen molar-refractivity contribution in [2.24, 2.45) is 5.92 Å². The van der Waals surface area contributed by atoms with Crippen LogP contribution >= 0.6 is 0 Å². The fourth-order valence-electron chi connectivity index (χ4n) is 2.34. The van der Waals surface area contributed by atoms with Gasteiger partial charge in [-0.2, -0.15) is 0 Å². The number of nitrogens with zero attached hydrogens (tertiary/aromatic N) is 1. The first-order valence-electron chi connectivity index (χ1n) is 6.57. The van der Waals surface area contributed by atoms with Gasteiger partial charge in [-0.1, -0.05) is 18.2 Å².